The van der Waals surface area contributed by atoms with Crippen LogP contribution in [0.15, 0.2) is 59.5 Å². The zero-order valence-electron chi connectivity index (χ0n) is 17.9. The fourth-order valence-corrected chi connectivity index (χ4v) is 5.17. The molecule has 0 saturated carbocycles. The quantitative estimate of drug-likeness (QED) is 0.735. The fourth-order valence-electron chi connectivity index (χ4n) is 3.75. The van der Waals surface area contributed by atoms with E-state index in [0.717, 1.165) is 11.1 Å². The predicted molar refractivity (Wildman–Crippen MR) is 119 cm³/mol. The van der Waals surface area contributed by atoms with Gasteiger partial charge in [0.2, 0.25) is 15.9 Å². The van der Waals surface area contributed by atoms with Gasteiger partial charge in [-0.05, 0) is 30.5 Å². The standard InChI is InChI=1S/C23H31N3O3S/c1-18(2)23(20-7-5-4-6-8-20)24-17-22(27)25-13-15-26(16-14-25)30(28,29)21-11-9-19(3)10-12-21/h4-12,18,23-24H,13-17H2,1-3H3/t23-/m1/s1. The molecule has 1 atom stereocenters. The number of rotatable bonds is 7. The molecule has 1 amide bonds. The van der Waals surface area contributed by atoms with Crippen molar-refractivity contribution in [2.24, 2.45) is 5.92 Å². The van der Waals surface area contributed by atoms with Crippen LogP contribution >= 0.6 is 0 Å². The number of hydrogen-bond donors (Lipinski definition) is 1. The first-order valence-electron chi connectivity index (χ1n) is 10.4. The minimum absolute atomic E-state index is 0.00367. The molecule has 0 aliphatic carbocycles. The van der Waals surface area contributed by atoms with Gasteiger partial charge < -0.3 is 10.2 Å². The van der Waals surface area contributed by atoms with Crippen LogP contribution < -0.4 is 5.32 Å². The Labute approximate surface area is 179 Å². The van der Waals surface area contributed by atoms with Crippen LogP contribution in [0, 0.1) is 12.8 Å². The third kappa shape index (κ3) is 5.28. The summed E-state index contributed by atoms with van der Waals surface area (Å²) in [7, 11) is -3.52. The van der Waals surface area contributed by atoms with Crippen LogP contribution in [0.25, 0.3) is 0 Å². The topological polar surface area (TPSA) is 69.7 Å². The van der Waals surface area contributed by atoms with Gasteiger partial charge in [-0.3, -0.25) is 4.79 Å². The molecule has 6 nitrogen and oxygen atoms in total. The van der Waals surface area contributed by atoms with Crippen molar-refractivity contribution in [1.82, 2.24) is 14.5 Å². The highest BCUT2D eigenvalue weighted by Crippen LogP contribution is 2.21. The summed E-state index contributed by atoms with van der Waals surface area (Å²) >= 11 is 0. The second kappa shape index (κ2) is 9.73. The zero-order valence-corrected chi connectivity index (χ0v) is 18.7. The third-order valence-corrected chi connectivity index (χ3v) is 7.46. The van der Waals surface area contributed by atoms with E-state index in [0.29, 0.717) is 37.0 Å². The van der Waals surface area contributed by atoms with Crippen molar-refractivity contribution < 1.29 is 13.2 Å². The molecule has 0 bridgehead atoms. The molecule has 2 aromatic carbocycles. The van der Waals surface area contributed by atoms with Gasteiger partial charge in [0.1, 0.15) is 0 Å². The van der Waals surface area contributed by atoms with Gasteiger partial charge in [-0.25, -0.2) is 8.42 Å². The Balaban J connectivity index is 1.55. The highest BCUT2D eigenvalue weighted by molar-refractivity contribution is 7.89. The molecule has 1 saturated heterocycles. The first kappa shape index (κ1) is 22.5. The summed E-state index contributed by atoms with van der Waals surface area (Å²) in [6, 6.07) is 17.1. The van der Waals surface area contributed by atoms with Gasteiger partial charge in [0.25, 0.3) is 0 Å². The Morgan fingerprint density at radius 3 is 2.13 bits per heavy atom. The molecule has 3 rings (SSSR count). The van der Waals surface area contributed by atoms with Crippen molar-refractivity contribution in [2.75, 3.05) is 32.7 Å². The Morgan fingerprint density at radius 2 is 1.57 bits per heavy atom. The monoisotopic (exact) mass is 429 g/mol. The van der Waals surface area contributed by atoms with Gasteiger partial charge in [0, 0.05) is 32.2 Å². The zero-order chi connectivity index (χ0) is 21.7. The lowest BCUT2D eigenvalue weighted by molar-refractivity contribution is -0.131. The Hall–Kier alpha value is -2.22. The molecule has 0 spiro atoms. The second-order valence-corrected chi connectivity index (χ2v) is 10.0. The SMILES string of the molecule is Cc1ccc(S(=O)(=O)N2CCN(C(=O)CN[C@@H](c3ccccc3)C(C)C)CC2)cc1. The van der Waals surface area contributed by atoms with Gasteiger partial charge in [0.05, 0.1) is 11.4 Å². The van der Waals surface area contributed by atoms with Crippen LogP contribution in [0.5, 0.6) is 0 Å². The summed E-state index contributed by atoms with van der Waals surface area (Å²) in [4.78, 5) is 14.8. The van der Waals surface area contributed by atoms with E-state index in [1.54, 1.807) is 29.2 Å². The average molecular weight is 430 g/mol. The van der Waals surface area contributed by atoms with Crippen molar-refractivity contribution in [3.63, 3.8) is 0 Å². The normalized spacial score (nSPS) is 16.6. The van der Waals surface area contributed by atoms with Gasteiger partial charge >= 0.3 is 0 Å². The Bertz CT molecular complexity index is 935. The molecule has 2 aromatic rings. The lowest BCUT2D eigenvalue weighted by atomic mass is 9.96. The molecule has 1 aliphatic heterocycles. The average Bonchev–Trinajstić information content (AvgIpc) is 2.74. The number of piperazine rings is 1. The van der Waals surface area contributed by atoms with E-state index in [4.69, 9.17) is 0 Å². The van der Waals surface area contributed by atoms with Crippen LogP contribution in [-0.4, -0.2) is 56.3 Å². The molecule has 7 heteroatoms. The number of benzene rings is 2. The van der Waals surface area contributed by atoms with Crippen LogP contribution in [0.3, 0.4) is 0 Å². The molecule has 30 heavy (non-hydrogen) atoms. The minimum Gasteiger partial charge on any atom is -0.339 e. The fraction of sp³-hybridized carbons (Fsp3) is 0.435. The minimum atomic E-state index is -3.52. The van der Waals surface area contributed by atoms with Gasteiger partial charge in [-0.2, -0.15) is 4.31 Å². The van der Waals surface area contributed by atoms with Gasteiger partial charge in [0.15, 0.2) is 0 Å². The van der Waals surface area contributed by atoms with Crippen molar-refractivity contribution >= 4 is 15.9 Å². The van der Waals surface area contributed by atoms with E-state index >= 15 is 0 Å². The maximum atomic E-state index is 12.8. The smallest absolute Gasteiger partial charge is 0.243 e. The predicted octanol–water partition coefficient (Wildman–Crippen LogP) is 2.81. The highest BCUT2D eigenvalue weighted by atomic mass is 32.2. The number of amides is 1. The first-order valence-corrected chi connectivity index (χ1v) is 11.9. The lowest BCUT2D eigenvalue weighted by Crippen LogP contribution is -2.52. The van der Waals surface area contributed by atoms with Gasteiger partial charge in [-0.15, -0.1) is 0 Å². The number of sulfonamides is 1. The molecular formula is C23H31N3O3S. The van der Waals surface area contributed by atoms with Crippen LogP contribution in [0.4, 0.5) is 0 Å². The maximum absolute atomic E-state index is 12.8. The van der Waals surface area contributed by atoms with Crippen LogP contribution in [-0.2, 0) is 14.8 Å². The number of carbonyl (C=O) groups excluding carboxylic acids is 1. The van der Waals surface area contributed by atoms with E-state index in [9.17, 15) is 13.2 Å². The van der Waals surface area contributed by atoms with Crippen LogP contribution in [0.1, 0.15) is 31.0 Å². The number of nitrogens with one attached hydrogen (secondary N) is 1. The number of nitrogens with zero attached hydrogens (tertiary/aromatic N) is 2. The summed E-state index contributed by atoms with van der Waals surface area (Å²) in [6.07, 6.45) is 0. The molecule has 1 fully saturated rings. The van der Waals surface area contributed by atoms with Crippen molar-refractivity contribution in [2.45, 2.75) is 31.7 Å². The molecule has 0 radical (unpaired) electrons. The van der Waals surface area contributed by atoms with Gasteiger partial charge in [-0.1, -0.05) is 61.9 Å². The summed E-state index contributed by atoms with van der Waals surface area (Å²) in [6.45, 7) is 7.86. The van der Waals surface area contributed by atoms with Crippen molar-refractivity contribution in [3.8, 4) is 0 Å². The summed E-state index contributed by atoms with van der Waals surface area (Å²) < 4.78 is 27.1. The molecule has 1 heterocycles. The number of carbonyl (C=O) groups is 1. The molecule has 0 unspecified atom stereocenters. The lowest BCUT2D eigenvalue weighted by Gasteiger charge is -2.34. The van der Waals surface area contributed by atoms with E-state index in [-0.39, 0.29) is 18.5 Å². The number of aryl methyl sites for hydroxylation is 1. The van der Waals surface area contributed by atoms with Crippen LogP contribution in [0.2, 0.25) is 0 Å². The first-order chi connectivity index (χ1) is 14.3. The van der Waals surface area contributed by atoms with E-state index in [2.05, 4.69) is 31.3 Å². The largest absolute Gasteiger partial charge is 0.339 e. The summed E-state index contributed by atoms with van der Waals surface area (Å²) in [5, 5.41) is 3.38. The van der Waals surface area contributed by atoms with E-state index in [1.807, 2.05) is 25.1 Å². The maximum Gasteiger partial charge on any atom is 0.243 e. The van der Waals surface area contributed by atoms with E-state index in [1.165, 1.54) is 4.31 Å². The molecule has 0 aromatic heterocycles. The Kier molecular flexibility index (Phi) is 7.28. The highest BCUT2D eigenvalue weighted by Gasteiger charge is 2.30. The summed E-state index contributed by atoms with van der Waals surface area (Å²) in [5.74, 6) is 0.348. The summed E-state index contributed by atoms with van der Waals surface area (Å²) in [5.41, 5.74) is 2.18. The Morgan fingerprint density at radius 1 is 0.967 bits per heavy atom. The van der Waals surface area contributed by atoms with Crippen molar-refractivity contribution in [1.29, 1.82) is 0 Å². The molecule has 1 N–H and O–H groups in total. The van der Waals surface area contributed by atoms with E-state index < -0.39 is 10.0 Å². The molecular weight excluding hydrogens is 398 g/mol. The third-order valence-electron chi connectivity index (χ3n) is 5.55. The molecule has 162 valence electrons. The number of hydrogen-bond acceptors (Lipinski definition) is 4. The second-order valence-electron chi connectivity index (χ2n) is 8.11. The van der Waals surface area contributed by atoms with Crippen molar-refractivity contribution in [3.05, 3.63) is 65.7 Å². The molecule has 1 aliphatic rings.